The maximum atomic E-state index is 9.55. The van der Waals surface area contributed by atoms with E-state index in [1.165, 1.54) is 27.9 Å². The first-order valence-electron chi connectivity index (χ1n) is 8.89. The fourth-order valence-electron chi connectivity index (χ4n) is 3.13. The van der Waals surface area contributed by atoms with Gasteiger partial charge < -0.3 is 20.5 Å². The van der Waals surface area contributed by atoms with Crippen LogP contribution in [-0.4, -0.2) is 32.8 Å². The average Bonchev–Trinajstić information content (AvgIpc) is 3.12. The number of fused-ring (bicyclic) bond motifs is 3. The van der Waals surface area contributed by atoms with Crippen molar-refractivity contribution in [2.75, 3.05) is 0 Å². The smallest absolute Gasteiger partial charge is 0.328 e. The topological polar surface area (TPSA) is 106 Å². The minimum Gasteiger partial charge on any atom is -0.478 e. The van der Waals surface area contributed by atoms with Crippen molar-refractivity contribution < 1.29 is 19.8 Å². The summed E-state index contributed by atoms with van der Waals surface area (Å²) >= 11 is 0. The Labute approximate surface area is 158 Å². The van der Waals surface area contributed by atoms with E-state index in [0.717, 1.165) is 13.0 Å². The molecule has 0 saturated carbocycles. The Morgan fingerprint density at radius 2 is 1.74 bits per heavy atom. The number of carboxylic acids is 2. The number of carboxylic acid groups (broad SMARTS) is 2. The Morgan fingerprint density at radius 1 is 1.11 bits per heavy atom. The Balaban J connectivity index is 0.000000279. The summed E-state index contributed by atoms with van der Waals surface area (Å²) in [4.78, 5) is 19.1. The zero-order chi connectivity index (χ0) is 20.1. The minimum absolute atomic E-state index is 0.189. The standard InChI is InChI=1S/C17H22N2.C4H4O4/c1-11(2)13-4-5-14-8-15-6-7-19(10-12(3)18)17(15)16(14)9-13;5-3(6)1-2-4(7)8/h4-7,9,11-12H,8,10,18H2,1-3H3;1-2H,(H,5,6)(H,7,8). The third-order valence-corrected chi connectivity index (χ3v) is 4.34. The van der Waals surface area contributed by atoms with Crippen LogP contribution in [0.25, 0.3) is 11.3 Å². The summed E-state index contributed by atoms with van der Waals surface area (Å²) < 4.78 is 2.32. The van der Waals surface area contributed by atoms with Gasteiger partial charge >= 0.3 is 11.9 Å². The summed E-state index contributed by atoms with van der Waals surface area (Å²) in [6, 6.07) is 9.36. The maximum Gasteiger partial charge on any atom is 0.328 e. The monoisotopic (exact) mass is 370 g/mol. The molecular formula is C21H26N2O4. The van der Waals surface area contributed by atoms with Crippen molar-refractivity contribution in [2.45, 2.75) is 45.7 Å². The van der Waals surface area contributed by atoms with Gasteiger partial charge in [-0.2, -0.15) is 0 Å². The summed E-state index contributed by atoms with van der Waals surface area (Å²) in [5.74, 6) is -1.94. The molecule has 0 saturated heterocycles. The highest BCUT2D eigenvalue weighted by Gasteiger charge is 2.23. The molecule has 144 valence electrons. The SMILES string of the molecule is CC(N)Cn1ccc2c1-c1cc(C(C)C)ccc1C2.O=C(O)C=CC(=O)O. The van der Waals surface area contributed by atoms with Crippen LogP contribution in [0.15, 0.2) is 42.6 Å². The van der Waals surface area contributed by atoms with Gasteiger partial charge in [-0.25, -0.2) is 9.59 Å². The lowest BCUT2D eigenvalue weighted by atomic mass is 9.98. The van der Waals surface area contributed by atoms with E-state index in [1.54, 1.807) is 0 Å². The zero-order valence-corrected chi connectivity index (χ0v) is 15.8. The van der Waals surface area contributed by atoms with Crippen LogP contribution in [0, 0.1) is 0 Å². The van der Waals surface area contributed by atoms with Crippen molar-refractivity contribution in [3.8, 4) is 11.3 Å². The Morgan fingerprint density at radius 3 is 2.26 bits per heavy atom. The van der Waals surface area contributed by atoms with E-state index < -0.39 is 11.9 Å². The molecule has 0 bridgehead atoms. The van der Waals surface area contributed by atoms with E-state index in [4.69, 9.17) is 15.9 Å². The van der Waals surface area contributed by atoms with Crippen LogP contribution < -0.4 is 5.73 Å². The van der Waals surface area contributed by atoms with E-state index >= 15 is 0 Å². The van der Waals surface area contributed by atoms with Gasteiger partial charge in [0.15, 0.2) is 0 Å². The molecule has 6 heteroatoms. The molecule has 1 atom stereocenters. The number of rotatable bonds is 5. The lowest BCUT2D eigenvalue weighted by Crippen LogP contribution is -2.22. The van der Waals surface area contributed by atoms with Crippen molar-refractivity contribution >= 4 is 11.9 Å². The number of aliphatic carboxylic acids is 2. The van der Waals surface area contributed by atoms with Gasteiger partial charge in [0.1, 0.15) is 0 Å². The molecule has 1 aliphatic rings. The molecule has 6 nitrogen and oxygen atoms in total. The third kappa shape index (κ3) is 5.31. The first-order valence-corrected chi connectivity index (χ1v) is 8.89. The molecule has 1 heterocycles. The summed E-state index contributed by atoms with van der Waals surface area (Å²) in [5, 5.41) is 15.6. The first kappa shape index (κ1) is 20.5. The quantitative estimate of drug-likeness (QED) is 0.598. The van der Waals surface area contributed by atoms with Crippen molar-refractivity contribution in [3.05, 3.63) is 59.3 Å². The fraction of sp³-hybridized carbons (Fsp3) is 0.333. The number of aromatic nitrogens is 1. The summed E-state index contributed by atoms with van der Waals surface area (Å²) in [6.45, 7) is 7.45. The molecular weight excluding hydrogens is 344 g/mol. The lowest BCUT2D eigenvalue weighted by molar-refractivity contribution is -0.134. The molecule has 1 aromatic carbocycles. The number of benzene rings is 1. The highest BCUT2D eigenvalue weighted by molar-refractivity contribution is 5.89. The molecule has 2 aromatic rings. The highest BCUT2D eigenvalue weighted by Crippen LogP contribution is 2.38. The number of carbonyl (C=O) groups is 2. The van der Waals surface area contributed by atoms with E-state index in [-0.39, 0.29) is 6.04 Å². The largest absolute Gasteiger partial charge is 0.478 e. The minimum atomic E-state index is -1.26. The lowest BCUT2D eigenvalue weighted by Gasteiger charge is -2.13. The molecule has 1 aliphatic carbocycles. The van der Waals surface area contributed by atoms with Crippen molar-refractivity contribution in [1.29, 1.82) is 0 Å². The van der Waals surface area contributed by atoms with E-state index in [2.05, 4.69) is 55.8 Å². The van der Waals surface area contributed by atoms with Crippen LogP contribution in [0.4, 0.5) is 0 Å². The molecule has 4 N–H and O–H groups in total. The number of nitrogens with zero attached hydrogens (tertiary/aromatic N) is 1. The highest BCUT2D eigenvalue weighted by atomic mass is 16.4. The van der Waals surface area contributed by atoms with Crippen LogP contribution in [0.3, 0.4) is 0 Å². The number of hydrogen-bond acceptors (Lipinski definition) is 3. The van der Waals surface area contributed by atoms with Gasteiger partial charge in [0.2, 0.25) is 0 Å². The fourth-order valence-corrected chi connectivity index (χ4v) is 3.13. The predicted octanol–water partition coefficient (Wildman–Crippen LogP) is 3.24. The second-order valence-corrected chi connectivity index (χ2v) is 7.08. The van der Waals surface area contributed by atoms with Gasteiger partial charge in [0.05, 0.1) is 5.69 Å². The Kier molecular flexibility index (Phi) is 6.58. The normalized spacial score (nSPS) is 13.1. The van der Waals surface area contributed by atoms with Gasteiger partial charge in [-0.15, -0.1) is 0 Å². The van der Waals surface area contributed by atoms with Crippen LogP contribution in [-0.2, 0) is 22.6 Å². The third-order valence-electron chi connectivity index (χ3n) is 4.34. The Hall–Kier alpha value is -2.86. The first-order chi connectivity index (χ1) is 12.7. The zero-order valence-electron chi connectivity index (χ0n) is 15.8. The van der Waals surface area contributed by atoms with Crippen molar-refractivity contribution in [2.24, 2.45) is 5.73 Å². The molecule has 1 unspecified atom stereocenters. The molecule has 27 heavy (non-hydrogen) atoms. The molecule has 3 rings (SSSR count). The van der Waals surface area contributed by atoms with Crippen LogP contribution in [0.2, 0.25) is 0 Å². The van der Waals surface area contributed by atoms with E-state index in [9.17, 15) is 9.59 Å². The maximum absolute atomic E-state index is 9.55. The molecule has 1 aromatic heterocycles. The van der Waals surface area contributed by atoms with E-state index in [1.807, 2.05) is 0 Å². The van der Waals surface area contributed by atoms with E-state index in [0.29, 0.717) is 18.1 Å². The summed E-state index contributed by atoms with van der Waals surface area (Å²) in [7, 11) is 0. The van der Waals surface area contributed by atoms with Crippen LogP contribution in [0.5, 0.6) is 0 Å². The van der Waals surface area contributed by atoms with Gasteiger partial charge in [-0.1, -0.05) is 26.0 Å². The second kappa shape index (κ2) is 8.68. The Bertz CT molecular complexity index is 847. The van der Waals surface area contributed by atoms with Gasteiger partial charge in [-0.3, -0.25) is 0 Å². The molecule has 0 radical (unpaired) electrons. The van der Waals surface area contributed by atoms with Gasteiger partial charge in [0, 0.05) is 42.9 Å². The molecule has 0 amide bonds. The number of hydrogen-bond donors (Lipinski definition) is 3. The second-order valence-electron chi connectivity index (χ2n) is 7.08. The molecule has 0 aliphatic heterocycles. The van der Waals surface area contributed by atoms with Crippen LogP contribution in [0.1, 0.15) is 43.4 Å². The molecule has 0 fully saturated rings. The molecule has 0 spiro atoms. The van der Waals surface area contributed by atoms with Gasteiger partial charge in [-0.05, 0) is 41.7 Å². The van der Waals surface area contributed by atoms with Gasteiger partial charge in [0.25, 0.3) is 0 Å². The average molecular weight is 370 g/mol. The predicted molar refractivity (Wildman–Crippen MR) is 105 cm³/mol. The summed E-state index contributed by atoms with van der Waals surface area (Å²) in [5.41, 5.74) is 13.1. The van der Waals surface area contributed by atoms with Crippen molar-refractivity contribution in [1.82, 2.24) is 4.57 Å². The van der Waals surface area contributed by atoms with Crippen molar-refractivity contribution in [3.63, 3.8) is 0 Å². The number of nitrogens with two attached hydrogens (primary N) is 1. The summed E-state index contributed by atoms with van der Waals surface area (Å²) in [6.07, 6.45) is 4.36. The van der Waals surface area contributed by atoms with Crippen LogP contribution >= 0.6 is 0 Å².